The Morgan fingerprint density at radius 2 is 2.24 bits per heavy atom. The molecule has 0 fully saturated rings. The molecule has 0 aliphatic heterocycles. The number of imidazole rings is 1. The van der Waals surface area contributed by atoms with Gasteiger partial charge in [0.1, 0.15) is 17.9 Å². The molecule has 0 aromatic carbocycles. The molecule has 2 aromatic heterocycles. The van der Waals surface area contributed by atoms with E-state index in [1.807, 2.05) is 13.8 Å². The van der Waals surface area contributed by atoms with E-state index in [0.717, 1.165) is 0 Å². The molecule has 1 unspecified atom stereocenters. The fraction of sp³-hybridized carbons (Fsp3) is 0.455. The normalized spacial score (nSPS) is 13.1. The Balaban J connectivity index is 2.45. The molecule has 0 aliphatic carbocycles. The van der Waals surface area contributed by atoms with Crippen LogP contribution in [-0.2, 0) is 4.79 Å². The van der Waals surface area contributed by atoms with Crippen molar-refractivity contribution in [3.63, 3.8) is 0 Å². The lowest BCUT2D eigenvalue weighted by molar-refractivity contribution is -0.121. The predicted molar refractivity (Wildman–Crippen MR) is 63.0 cm³/mol. The number of aromatic nitrogens is 4. The minimum absolute atomic E-state index is 0.364. The summed E-state index contributed by atoms with van der Waals surface area (Å²) in [5.41, 5.74) is 6.75. The van der Waals surface area contributed by atoms with Gasteiger partial charge in [-0.05, 0) is 12.3 Å². The van der Waals surface area contributed by atoms with Crippen molar-refractivity contribution in [2.75, 3.05) is 0 Å². The Labute approximate surface area is 98.9 Å². The van der Waals surface area contributed by atoms with E-state index in [2.05, 4.69) is 15.0 Å². The van der Waals surface area contributed by atoms with Crippen molar-refractivity contribution >= 4 is 17.1 Å². The van der Waals surface area contributed by atoms with Gasteiger partial charge < -0.3 is 10.3 Å². The predicted octanol–water partition coefficient (Wildman–Crippen LogP) is 0.899. The topological polar surface area (TPSA) is 86.7 Å². The zero-order valence-corrected chi connectivity index (χ0v) is 9.87. The van der Waals surface area contributed by atoms with Crippen LogP contribution in [0, 0.1) is 5.92 Å². The molecular formula is C11H15N5O. The highest BCUT2D eigenvalue weighted by molar-refractivity contribution is 5.81. The van der Waals surface area contributed by atoms with Crippen molar-refractivity contribution in [1.29, 1.82) is 0 Å². The molecule has 0 saturated heterocycles. The van der Waals surface area contributed by atoms with Crippen molar-refractivity contribution in [2.45, 2.75) is 26.3 Å². The number of nitrogens with two attached hydrogens (primary N) is 1. The van der Waals surface area contributed by atoms with Crippen molar-refractivity contribution < 1.29 is 4.79 Å². The van der Waals surface area contributed by atoms with Crippen LogP contribution in [-0.4, -0.2) is 25.4 Å². The number of fused-ring (bicyclic) bond motifs is 1. The van der Waals surface area contributed by atoms with Crippen LogP contribution in [0.15, 0.2) is 18.9 Å². The van der Waals surface area contributed by atoms with Crippen LogP contribution >= 0.6 is 0 Å². The van der Waals surface area contributed by atoms with Gasteiger partial charge in [-0.1, -0.05) is 13.8 Å². The highest BCUT2D eigenvalue weighted by Crippen LogP contribution is 2.21. The molecule has 0 spiro atoms. The average molecular weight is 233 g/mol. The Kier molecular flexibility index (Phi) is 3.03. The van der Waals surface area contributed by atoms with E-state index in [4.69, 9.17) is 5.73 Å². The van der Waals surface area contributed by atoms with Crippen molar-refractivity contribution in [2.24, 2.45) is 11.7 Å². The lowest BCUT2D eigenvalue weighted by Gasteiger charge is -2.17. The second-order valence-corrected chi connectivity index (χ2v) is 4.43. The Morgan fingerprint density at radius 3 is 2.88 bits per heavy atom. The highest BCUT2D eigenvalue weighted by atomic mass is 16.1. The third-order valence-corrected chi connectivity index (χ3v) is 2.60. The van der Waals surface area contributed by atoms with Crippen LogP contribution in [0.4, 0.5) is 0 Å². The van der Waals surface area contributed by atoms with Gasteiger partial charge in [-0.2, -0.15) is 0 Å². The second kappa shape index (κ2) is 4.48. The first-order valence-corrected chi connectivity index (χ1v) is 5.51. The summed E-state index contributed by atoms with van der Waals surface area (Å²) < 4.78 is 1.72. The van der Waals surface area contributed by atoms with E-state index in [1.165, 1.54) is 6.33 Å². The second-order valence-electron chi connectivity index (χ2n) is 4.43. The zero-order chi connectivity index (χ0) is 12.4. The maximum atomic E-state index is 11.5. The van der Waals surface area contributed by atoms with E-state index < -0.39 is 6.04 Å². The van der Waals surface area contributed by atoms with E-state index in [9.17, 15) is 4.79 Å². The number of amides is 1. The molecule has 2 rings (SSSR count). The molecule has 1 atom stereocenters. The Hall–Kier alpha value is -1.98. The number of carbonyl (C=O) groups is 1. The number of hydrogen-bond acceptors (Lipinski definition) is 4. The summed E-state index contributed by atoms with van der Waals surface area (Å²) in [4.78, 5) is 23.7. The van der Waals surface area contributed by atoms with Gasteiger partial charge >= 0.3 is 0 Å². The SMILES string of the molecule is CC(C)CC(C(N)=O)n1cnc2cncnc21. The summed E-state index contributed by atoms with van der Waals surface area (Å²) in [6.07, 6.45) is 5.32. The average Bonchev–Trinajstić information content (AvgIpc) is 2.69. The zero-order valence-electron chi connectivity index (χ0n) is 9.87. The summed E-state index contributed by atoms with van der Waals surface area (Å²) in [6.45, 7) is 4.09. The first-order valence-electron chi connectivity index (χ1n) is 5.51. The monoisotopic (exact) mass is 233 g/mol. The van der Waals surface area contributed by atoms with Gasteiger partial charge in [-0.25, -0.2) is 15.0 Å². The number of rotatable bonds is 4. The standard InChI is InChI=1S/C11H15N5O/c1-7(2)3-9(10(12)17)16-6-15-8-4-13-5-14-11(8)16/h4-7,9H,3H2,1-2H3,(H2,12,17). The molecule has 0 radical (unpaired) electrons. The fourth-order valence-corrected chi connectivity index (χ4v) is 1.83. The maximum Gasteiger partial charge on any atom is 0.240 e. The molecule has 1 amide bonds. The minimum Gasteiger partial charge on any atom is -0.368 e. The molecule has 0 aliphatic rings. The molecule has 2 aromatic rings. The van der Waals surface area contributed by atoms with Crippen LogP contribution in [0.3, 0.4) is 0 Å². The third kappa shape index (κ3) is 2.25. The van der Waals surface area contributed by atoms with Crippen LogP contribution in [0.5, 0.6) is 0 Å². The summed E-state index contributed by atoms with van der Waals surface area (Å²) in [5.74, 6) is 0.00315. The summed E-state index contributed by atoms with van der Waals surface area (Å²) in [6, 6.07) is -0.408. The van der Waals surface area contributed by atoms with Gasteiger partial charge in [-0.15, -0.1) is 0 Å². The van der Waals surface area contributed by atoms with Crippen LogP contribution in [0.1, 0.15) is 26.3 Å². The highest BCUT2D eigenvalue weighted by Gasteiger charge is 2.21. The molecule has 2 N–H and O–H groups in total. The Bertz CT molecular complexity index is 533. The fourth-order valence-electron chi connectivity index (χ4n) is 1.83. The first kappa shape index (κ1) is 11.5. The number of carbonyl (C=O) groups excluding carboxylic acids is 1. The van der Waals surface area contributed by atoms with E-state index in [1.54, 1.807) is 17.1 Å². The lowest BCUT2D eigenvalue weighted by atomic mass is 10.0. The summed E-state index contributed by atoms with van der Waals surface area (Å²) in [5, 5.41) is 0. The molecule has 6 nitrogen and oxygen atoms in total. The molecule has 6 heteroatoms. The summed E-state index contributed by atoms with van der Waals surface area (Å²) >= 11 is 0. The number of nitrogens with zero attached hydrogens (tertiary/aromatic N) is 4. The van der Waals surface area contributed by atoms with E-state index in [0.29, 0.717) is 23.5 Å². The molecule has 0 bridgehead atoms. The van der Waals surface area contributed by atoms with Gasteiger partial charge in [0.25, 0.3) is 0 Å². The van der Waals surface area contributed by atoms with E-state index in [-0.39, 0.29) is 5.91 Å². The van der Waals surface area contributed by atoms with Crippen LogP contribution < -0.4 is 5.73 Å². The Morgan fingerprint density at radius 1 is 1.47 bits per heavy atom. The minimum atomic E-state index is -0.408. The lowest BCUT2D eigenvalue weighted by Crippen LogP contribution is -2.27. The molecular weight excluding hydrogens is 218 g/mol. The van der Waals surface area contributed by atoms with E-state index >= 15 is 0 Å². The van der Waals surface area contributed by atoms with Gasteiger partial charge in [0, 0.05) is 0 Å². The van der Waals surface area contributed by atoms with Crippen LogP contribution in [0.25, 0.3) is 11.2 Å². The van der Waals surface area contributed by atoms with Gasteiger partial charge in [0.05, 0.1) is 12.5 Å². The van der Waals surface area contributed by atoms with Gasteiger partial charge in [0.15, 0.2) is 5.65 Å². The van der Waals surface area contributed by atoms with Gasteiger partial charge in [0.2, 0.25) is 5.91 Å². The summed E-state index contributed by atoms with van der Waals surface area (Å²) in [7, 11) is 0. The first-order chi connectivity index (χ1) is 8.09. The smallest absolute Gasteiger partial charge is 0.240 e. The van der Waals surface area contributed by atoms with Crippen molar-refractivity contribution in [1.82, 2.24) is 19.5 Å². The molecule has 2 heterocycles. The molecule has 90 valence electrons. The van der Waals surface area contributed by atoms with Crippen molar-refractivity contribution in [3.8, 4) is 0 Å². The number of primary amides is 1. The molecule has 17 heavy (non-hydrogen) atoms. The van der Waals surface area contributed by atoms with Crippen LogP contribution in [0.2, 0.25) is 0 Å². The third-order valence-electron chi connectivity index (χ3n) is 2.60. The quantitative estimate of drug-likeness (QED) is 0.849. The number of hydrogen-bond donors (Lipinski definition) is 1. The van der Waals surface area contributed by atoms with Crippen molar-refractivity contribution in [3.05, 3.63) is 18.9 Å². The van der Waals surface area contributed by atoms with Gasteiger partial charge in [-0.3, -0.25) is 4.79 Å². The molecule has 0 saturated carbocycles. The maximum absolute atomic E-state index is 11.5. The largest absolute Gasteiger partial charge is 0.368 e.